The highest BCUT2D eigenvalue weighted by atomic mass is 35.5. The van der Waals surface area contributed by atoms with Crippen LogP contribution >= 0.6 is 46.0 Å². The van der Waals surface area contributed by atoms with Crippen LogP contribution in [-0.2, 0) is 5.75 Å². The van der Waals surface area contributed by atoms with E-state index in [2.05, 4.69) is 20.5 Å². The summed E-state index contributed by atoms with van der Waals surface area (Å²) >= 11 is 10.4. The number of halogens is 1. The monoisotopic (exact) mass is 278 g/mol. The Kier molecular flexibility index (Phi) is 3.79. The summed E-state index contributed by atoms with van der Waals surface area (Å²) in [5.41, 5.74) is 0. The second-order valence-corrected chi connectivity index (χ2v) is 6.39. The first-order valence-corrected chi connectivity index (χ1v) is 7.02. The van der Waals surface area contributed by atoms with Gasteiger partial charge in [-0.2, -0.15) is 0 Å². The first kappa shape index (κ1) is 11.1. The van der Waals surface area contributed by atoms with Crippen molar-refractivity contribution >= 4 is 51.2 Å². The summed E-state index contributed by atoms with van der Waals surface area (Å²) in [5, 5.41) is 11.8. The van der Waals surface area contributed by atoms with Gasteiger partial charge < -0.3 is 5.32 Å². The number of thiazole rings is 1. The van der Waals surface area contributed by atoms with Gasteiger partial charge in [0.2, 0.25) is 5.13 Å². The Labute approximate surface area is 104 Å². The lowest BCUT2D eigenvalue weighted by atomic mass is 10.6. The highest BCUT2D eigenvalue weighted by Gasteiger charge is 2.05. The molecule has 2 heterocycles. The first-order chi connectivity index (χ1) is 7.28. The Balaban J connectivity index is 1.93. The Hall–Kier alpha value is -0.370. The fourth-order valence-corrected chi connectivity index (χ4v) is 3.56. The van der Waals surface area contributed by atoms with Crippen LogP contribution in [0.15, 0.2) is 10.5 Å². The average molecular weight is 279 g/mol. The second-order valence-electron chi connectivity index (χ2n) is 2.49. The number of hydrogen-bond donors (Lipinski definition) is 1. The van der Waals surface area contributed by atoms with E-state index in [-0.39, 0.29) is 0 Å². The molecule has 15 heavy (non-hydrogen) atoms. The maximum atomic E-state index is 5.73. The molecule has 0 saturated carbocycles. The molecule has 2 aromatic rings. The van der Waals surface area contributed by atoms with Gasteiger partial charge in [-0.25, -0.2) is 4.98 Å². The van der Waals surface area contributed by atoms with Crippen molar-refractivity contribution in [1.82, 2.24) is 15.2 Å². The van der Waals surface area contributed by atoms with Crippen LogP contribution in [0.4, 0.5) is 5.13 Å². The van der Waals surface area contributed by atoms with Gasteiger partial charge in [0.15, 0.2) is 8.81 Å². The number of nitrogens with zero attached hydrogens (tertiary/aromatic N) is 3. The van der Waals surface area contributed by atoms with Gasteiger partial charge in [0.05, 0.1) is 0 Å². The molecule has 0 bridgehead atoms. The van der Waals surface area contributed by atoms with Gasteiger partial charge in [0, 0.05) is 23.9 Å². The zero-order chi connectivity index (χ0) is 10.7. The normalized spacial score (nSPS) is 10.5. The number of anilines is 1. The Morgan fingerprint density at radius 1 is 1.47 bits per heavy atom. The maximum Gasteiger partial charge on any atom is 0.206 e. The summed E-state index contributed by atoms with van der Waals surface area (Å²) in [6.07, 6.45) is 1.79. The van der Waals surface area contributed by atoms with Gasteiger partial charge in [-0.15, -0.1) is 21.5 Å². The van der Waals surface area contributed by atoms with Gasteiger partial charge in [-0.1, -0.05) is 34.7 Å². The van der Waals surface area contributed by atoms with Crippen LogP contribution in [0, 0.1) is 0 Å². The summed E-state index contributed by atoms with van der Waals surface area (Å²) in [6.45, 7) is 0. The Bertz CT molecular complexity index is 441. The van der Waals surface area contributed by atoms with Gasteiger partial charge in [0.1, 0.15) is 0 Å². The predicted octanol–water partition coefficient (Wildman–Crippen LogP) is 2.98. The molecule has 0 atom stereocenters. The lowest BCUT2D eigenvalue weighted by Gasteiger charge is -1.90. The summed E-state index contributed by atoms with van der Waals surface area (Å²) < 4.78 is 1.53. The highest BCUT2D eigenvalue weighted by molar-refractivity contribution is 8.00. The van der Waals surface area contributed by atoms with Crippen molar-refractivity contribution in [2.45, 2.75) is 10.1 Å². The van der Waals surface area contributed by atoms with E-state index in [4.69, 9.17) is 11.6 Å². The predicted molar refractivity (Wildman–Crippen MR) is 66.1 cm³/mol. The highest BCUT2D eigenvalue weighted by Crippen LogP contribution is 2.30. The standard InChI is InChI=1S/C7H7ClN4S3/c1-9-6-11-12-7(15-6)13-3-4-2-10-5(8)14-4/h2H,3H2,1H3,(H,9,11). The molecule has 0 radical (unpaired) electrons. The van der Waals surface area contributed by atoms with E-state index < -0.39 is 0 Å². The average Bonchev–Trinajstić information content (AvgIpc) is 2.83. The van der Waals surface area contributed by atoms with Crippen LogP contribution in [0.3, 0.4) is 0 Å². The van der Waals surface area contributed by atoms with Crippen LogP contribution < -0.4 is 5.32 Å². The minimum atomic E-state index is 0.582. The van der Waals surface area contributed by atoms with Crippen molar-refractivity contribution in [1.29, 1.82) is 0 Å². The van der Waals surface area contributed by atoms with E-state index in [1.807, 2.05) is 7.05 Å². The van der Waals surface area contributed by atoms with Crippen LogP contribution in [0.25, 0.3) is 0 Å². The smallest absolute Gasteiger partial charge is 0.206 e. The first-order valence-electron chi connectivity index (χ1n) is 4.02. The van der Waals surface area contributed by atoms with Crippen LogP contribution in [0.1, 0.15) is 4.88 Å². The third kappa shape index (κ3) is 3.04. The molecule has 1 N–H and O–H groups in total. The summed E-state index contributed by atoms with van der Waals surface area (Å²) in [6, 6.07) is 0. The number of rotatable bonds is 4. The third-order valence-corrected chi connectivity index (χ3v) is 4.90. The van der Waals surface area contributed by atoms with Crippen LogP contribution in [-0.4, -0.2) is 22.2 Å². The van der Waals surface area contributed by atoms with E-state index >= 15 is 0 Å². The maximum absolute atomic E-state index is 5.73. The molecule has 0 fully saturated rings. The van der Waals surface area contributed by atoms with Crippen LogP contribution in [0.5, 0.6) is 0 Å². The second kappa shape index (κ2) is 5.11. The Morgan fingerprint density at radius 2 is 2.33 bits per heavy atom. The fourth-order valence-electron chi connectivity index (χ4n) is 0.852. The van der Waals surface area contributed by atoms with Crippen molar-refractivity contribution in [2.24, 2.45) is 0 Å². The van der Waals surface area contributed by atoms with Crippen molar-refractivity contribution in [2.75, 3.05) is 12.4 Å². The van der Waals surface area contributed by atoms with E-state index in [0.717, 1.165) is 20.1 Å². The van der Waals surface area contributed by atoms with Crippen molar-refractivity contribution in [3.63, 3.8) is 0 Å². The lowest BCUT2D eigenvalue weighted by molar-refractivity contribution is 1.01. The van der Waals surface area contributed by atoms with E-state index in [0.29, 0.717) is 4.47 Å². The van der Waals surface area contributed by atoms with Crippen molar-refractivity contribution in [3.05, 3.63) is 15.5 Å². The molecule has 0 aromatic carbocycles. The SMILES string of the molecule is CNc1nnc(SCc2cnc(Cl)s2)s1. The molecule has 0 spiro atoms. The molecule has 80 valence electrons. The molecule has 0 aliphatic heterocycles. The summed E-state index contributed by atoms with van der Waals surface area (Å²) in [7, 11) is 1.83. The minimum absolute atomic E-state index is 0.582. The molecular formula is C7H7ClN4S3. The molecule has 0 aliphatic carbocycles. The number of nitrogens with one attached hydrogen (secondary N) is 1. The van der Waals surface area contributed by atoms with Crippen LogP contribution in [0.2, 0.25) is 4.47 Å². The molecule has 2 rings (SSSR count). The topological polar surface area (TPSA) is 50.7 Å². The largest absolute Gasteiger partial charge is 0.363 e. The van der Waals surface area contributed by atoms with Gasteiger partial charge in [-0.3, -0.25) is 0 Å². The number of hydrogen-bond acceptors (Lipinski definition) is 7. The molecule has 0 unspecified atom stereocenters. The van der Waals surface area contributed by atoms with E-state index in [1.54, 1.807) is 18.0 Å². The summed E-state index contributed by atoms with van der Waals surface area (Å²) in [4.78, 5) is 5.12. The minimum Gasteiger partial charge on any atom is -0.363 e. The molecular weight excluding hydrogens is 272 g/mol. The molecule has 0 amide bonds. The van der Waals surface area contributed by atoms with E-state index in [1.165, 1.54) is 22.7 Å². The summed E-state index contributed by atoms with van der Waals surface area (Å²) in [5.74, 6) is 0.836. The quantitative estimate of drug-likeness (QED) is 0.872. The molecule has 8 heteroatoms. The Morgan fingerprint density at radius 3 is 2.93 bits per heavy atom. The molecule has 4 nitrogen and oxygen atoms in total. The molecule has 0 aliphatic rings. The van der Waals surface area contributed by atoms with Crippen molar-refractivity contribution in [3.8, 4) is 0 Å². The van der Waals surface area contributed by atoms with E-state index in [9.17, 15) is 0 Å². The number of aromatic nitrogens is 3. The molecule has 2 aromatic heterocycles. The van der Waals surface area contributed by atoms with Gasteiger partial charge in [0.25, 0.3) is 0 Å². The molecule has 0 saturated heterocycles. The third-order valence-electron chi connectivity index (χ3n) is 1.48. The zero-order valence-electron chi connectivity index (χ0n) is 7.73. The van der Waals surface area contributed by atoms with Gasteiger partial charge >= 0.3 is 0 Å². The fraction of sp³-hybridized carbons (Fsp3) is 0.286. The van der Waals surface area contributed by atoms with Crippen molar-refractivity contribution < 1.29 is 0 Å². The lowest BCUT2D eigenvalue weighted by Crippen LogP contribution is -1.84. The van der Waals surface area contributed by atoms with Gasteiger partial charge in [-0.05, 0) is 0 Å². The zero-order valence-corrected chi connectivity index (χ0v) is 10.9. The number of thioether (sulfide) groups is 1.